The Morgan fingerprint density at radius 3 is 3.06 bits per heavy atom. The molecule has 0 bridgehead atoms. The molecule has 0 amide bonds. The van der Waals surface area contributed by atoms with E-state index in [0.29, 0.717) is 17.9 Å². The topological polar surface area (TPSA) is 83.3 Å². The maximum Gasteiger partial charge on any atom is 0.349 e. The Hall–Kier alpha value is -1.69. The van der Waals surface area contributed by atoms with Gasteiger partial charge in [0.15, 0.2) is 5.65 Å². The van der Waals surface area contributed by atoms with Crippen molar-refractivity contribution in [3.05, 3.63) is 28.1 Å². The average Bonchev–Trinajstić information content (AvgIpc) is 2.60. The van der Waals surface area contributed by atoms with E-state index in [1.54, 1.807) is 13.0 Å². The molecule has 0 aromatic carbocycles. The zero-order valence-electron chi connectivity index (χ0n) is 9.97. The molecular weight excluding hydrogens is 220 g/mol. The predicted molar refractivity (Wildman–Crippen MR) is 63.0 cm³/mol. The minimum atomic E-state index is -0.389. The summed E-state index contributed by atoms with van der Waals surface area (Å²) in [7, 11) is 0. The smallest absolute Gasteiger partial charge is 0.349 e. The van der Waals surface area contributed by atoms with Crippen molar-refractivity contribution in [3.8, 4) is 0 Å². The third-order valence-corrected chi connectivity index (χ3v) is 2.69. The fourth-order valence-electron chi connectivity index (χ4n) is 1.94. The highest BCUT2D eigenvalue weighted by atomic mass is 16.3. The van der Waals surface area contributed by atoms with Crippen LogP contribution in [-0.2, 0) is 6.42 Å². The van der Waals surface area contributed by atoms with E-state index in [0.717, 1.165) is 18.5 Å². The van der Waals surface area contributed by atoms with E-state index in [2.05, 4.69) is 15.2 Å². The number of nitrogens with zero attached hydrogens (tertiary/aromatic N) is 3. The van der Waals surface area contributed by atoms with Gasteiger partial charge in [-0.05, 0) is 13.3 Å². The number of rotatable bonds is 4. The maximum atomic E-state index is 11.4. The van der Waals surface area contributed by atoms with Crippen molar-refractivity contribution in [3.63, 3.8) is 0 Å². The minimum absolute atomic E-state index is 0.286. The zero-order valence-corrected chi connectivity index (χ0v) is 9.97. The summed E-state index contributed by atoms with van der Waals surface area (Å²) in [6.07, 6.45) is 1.79. The van der Waals surface area contributed by atoms with E-state index < -0.39 is 0 Å². The summed E-state index contributed by atoms with van der Waals surface area (Å²) in [5.41, 5.74) is 1.02. The highest BCUT2D eigenvalue weighted by Gasteiger charge is 2.10. The van der Waals surface area contributed by atoms with Crippen molar-refractivity contribution in [1.29, 1.82) is 0 Å². The molecule has 1 unspecified atom stereocenters. The quantitative estimate of drug-likeness (QED) is 0.806. The van der Waals surface area contributed by atoms with Crippen LogP contribution in [0.5, 0.6) is 0 Å². The lowest BCUT2D eigenvalue weighted by Gasteiger charge is -2.09. The Morgan fingerprint density at radius 1 is 1.59 bits per heavy atom. The van der Waals surface area contributed by atoms with Gasteiger partial charge in [0, 0.05) is 18.2 Å². The van der Waals surface area contributed by atoms with Crippen LogP contribution in [0.4, 0.5) is 0 Å². The second-order valence-corrected chi connectivity index (χ2v) is 4.16. The number of nitrogens with one attached hydrogen (secondary N) is 1. The Morgan fingerprint density at radius 2 is 2.35 bits per heavy atom. The van der Waals surface area contributed by atoms with E-state index in [-0.39, 0.29) is 11.8 Å². The van der Waals surface area contributed by atoms with E-state index in [4.69, 9.17) is 0 Å². The van der Waals surface area contributed by atoms with Crippen molar-refractivity contribution >= 4 is 5.65 Å². The fourth-order valence-corrected chi connectivity index (χ4v) is 1.94. The second kappa shape index (κ2) is 4.67. The maximum absolute atomic E-state index is 11.4. The fraction of sp³-hybridized carbons (Fsp3) is 0.545. The van der Waals surface area contributed by atoms with Gasteiger partial charge in [-0.25, -0.2) is 19.3 Å². The van der Waals surface area contributed by atoms with Crippen LogP contribution < -0.4 is 5.69 Å². The molecule has 0 aliphatic carbocycles. The first-order chi connectivity index (χ1) is 8.11. The van der Waals surface area contributed by atoms with Gasteiger partial charge >= 0.3 is 5.69 Å². The number of aliphatic hydroxyl groups is 1. The highest BCUT2D eigenvalue weighted by molar-refractivity contribution is 5.38. The number of aryl methyl sites for hydroxylation is 1. The molecule has 2 heterocycles. The van der Waals surface area contributed by atoms with Gasteiger partial charge in [-0.1, -0.05) is 13.3 Å². The molecule has 0 spiro atoms. The van der Waals surface area contributed by atoms with Crippen LogP contribution in [0.3, 0.4) is 0 Å². The first kappa shape index (κ1) is 11.8. The first-order valence-electron chi connectivity index (χ1n) is 5.73. The van der Waals surface area contributed by atoms with Crippen LogP contribution in [-0.4, -0.2) is 30.8 Å². The summed E-state index contributed by atoms with van der Waals surface area (Å²) in [4.78, 5) is 15.7. The minimum Gasteiger partial charge on any atom is -0.393 e. The Labute approximate surface area is 98.3 Å². The number of hydrogen-bond donors (Lipinski definition) is 2. The highest BCUT2D eigenvalue weighted by Crippen LogP contribution is 2.08. The van der Waals surface area contributed by atoms with Crippen LogP contribution in [0.2, 0.25) is 0 Å². The van der Waals surface area contributed by atoms with Crippen LogP contribution >= 0.6 is 0 Å². The van der Waals surface area contributed by atoms with E-state index in [1.807, 2.05) is 6.92 Å². The Balaban J connectivity index is 2.34. The van der Waals surface area contributed by atoms with Gasteiger partial charge in [0.1, 0.15) is 5.82 Å². The summed E-state index contributed by atoms with van der Waals surface area (Å²) < 4.78 is 1.41. The van der Waals surface area contributed by atoms with E-state index in [1.165, 1.54) is 4.40 Å². The molecular formula is C11H16N4O2. The first-order valence-corrected chi connectivity index (χ1v) is 5.73. The molecule has 0 aliphatic heterocycles. The molecule has 6 heteroatoms. The zero-order chi connectivity index (χ0) is 12.4. The van der Waals surface area contributed by atoms with E-state index >= 15 is 0 Å². The van der Waals surface area contributed by atoms with Gasteiger partial charge in [-0.15, -0.1) is 0 Å². The SMILES string of the molecule is CCCC(O)Cc1cc2n[nH]c(=O)n2c(C)n1. The number of H-pyrrole nitrogens is 1. The number of fused-ring (bicyclic) bond motifs is 1. The molecule has 6 nitrogen and oxygen atoms in total. The summed E-state index contributed by atoms with van der Waals surface area (Å²) in [5.74, 6) is 0.583. The molecule has 0 fully saturated rings. The summed E-state index contributed by atoms with van der Waals surface area (Å²) in [5, 5.41) is 16.0. The molecule has 0 aliphatic rings. The summed E-state index contributed by atoms with van der Waals surface area (Å²) in [6.45, 7) is 3.78. The second-order valence-electron chi connectivity index (χ2n) is 4.16. The van der Waals surface area contributed by atoms with Crippen LogP contribution in [0, 0.1) is 6.92 Å². The van der Waals surface area contributed by atoms with Crippen LogP contribution in [0.1, 0.15) is 31.3 Å². The molecule has 2 aromatic rings. The number of aromatic nitrogens is 4. The van der Waals surface area contributed by atoms with Crippen molar-refractivity contribution in [2.24, 2.45) is 0 Å². The Bertz CT molecular complexity index is 572. The van der Waals surface area contributed by atoms with Crippen LogP contribution in [0.15, 0.2) is 10.9 Å². The van der Waals surface area contributed by atoms with Gasteiger partial charge in [-0.2, -0.15) is 5.10 Å². The Kier molecular flexibility index (Phi) is 3.23. The molecule has 0 radical (unpaired) electrons. The molecule has 0 saturated heterocycles. The number of aliphatic hydroxyl groups excluding tert-OH is 1. The largest absolute Gasteiger partial charge is 0.393 e. The van der Waals surface area contributed by atoms with Crippen molar-refractivity contribution in [2.45, 2.75) is 39.2 Å². The molecule has 1 atom stereocenters. The molecule has 92 valence electrons. The van der Waals surface area contributed by atoms with Crippen molar-refractivity contribution in [1.82, 2.24) is 19.6 Å². The normalized spacial score (nSPS) is 13.1. The van der Waals surface area contributed by atoms with Crippen molar-refractivity contribution in [2.75, 3.05) is 0 Å². The summed E-state index contributed by atoms with van der Waals surface area (Å²) in [6, 6.07) is 1.73. The van der Waals surface area contributed by atoms with Gasteiger partial charge < -0.3 is 5.11 Å². The van der Waals surface area contributed by atoms with Crippen molar-refractivity contribution < 1.29 is 5.11 Å². The number of hydrogen-bond acceptors (Lipinski definition) is 4. The van der Waals surface area contributed by atoms with Gasteiger partial charge in [0.2, 0.25) is 0 Å². The molecule has 2 aromatic heterocycles. The lowest BCUT2D eigenvalue weighted by atomic mass is 10.1. The molecule has 2 rings (SSSR count). The van der Waals surface area contributed by atoms with E-state index in [9.17, 15) is 9.90 Å². The summed E-state index contributed by atoms with van der Waals surface area (Å²) >= 11 is 0. The third-order valence-electron chi connectivity index (χ3n) is 2.69. The van der Waals surface area contributed by atoms with Gasteiger partial charge in [-0.3, -0.25) is 0 Å². The van der Waals surface area contributed by atoms with Gasteiger partial charge in [0.05, 0.1) is 6.10 Å². The lowest BCUT2D eigenvalue weighted by molar-refractivity contribution is 0.162. The predicted octanol–water partition coefficient (Wildman–Crippen LogP) is 0.430. The third kappa shape index (κ3) is 2.36. The lowest BCUT2D eigenvalue weighted by Crippen LogP contribution is -2.16. The number of aromatic amines is 1. The van der Waals surface area contributed by atoms with Gasteiger partial charge in [0.25, 0.3) is 0 Å². The standard InChI is InChI=1S/C11H16N4O2/c1-3-4-9(16)5-8-6-10-13-14-11(17)15(10)7(2)12-8/h6,9,16H,3-5H2,1-2H3,(H,14,17). The van der Waals surface area contributed by atoms with Crippen LogP contribution in [0.25, 0.3) is 5.65 Å². The molecule has 17 heavy (non-hydrogen) atoms. The monoisotopic (exact) mass is 236 g/mol. The average molecular weight is 236 g/mol. The molecule has 0 saturated carbocycles. The molecule has 2 N–H and O–H groups in total.